The summed E-state index contributed by atoms with van der Waals surface area (Å²) in [5.41, 5.74) is 1.69. The molecule has 0 fully saturated rings. The fraction of sp³-hybridized carbons (Fsp3) is 0.562. The van der Waals surface area contributed by atoms with Crippen molar-refractivity contribution in [2.45, 2.75) is 52.4 Å². The SMILES string of the molecule is CCC(O)c1cc2n(n1)CCN(C(=O)CCn1ccnc1C)C2. The Labute approximate surface area is 135 Å². The number of carbonyl (C=O) groups is 1. The number of aliphatic hydroxyl groups is 1. The van der Waals surface area contributed by atoms with E-state index < -0.39 is 6.10 Å². The summed E-state index contributed by atoms with van der Waals surface area (Å²) >= 11 is 0. The molecule has 1 unspecified atom stereocenters. The molecule has 1 atom stereocenters. The Balaban J connectivity index is 1.61. The second-order valence-corrected chi connectivity index (χ2v) is 5.94. The predicted molar refractivity (Wildman–Crippen MR) is 84.5 cm³/mol. The molecule has 7 nitrogen and oxygen atoms in total. The minimum atomic E-state index is -0.526. The standard InChI is InChI=1S/C16H23N5O2/c1-3-15(22)14-10-13-11-20(8-9-21(13)18-14)16(23)4-6-19-7-5-17-12(19)2/h5,7,10,15,22H,3-4,6,8-9,11H2,1-2H3. The number of aromatic nitrogens is 4. The van der Waals surface area contributed by atoms with E-state index in [1.165, 1.54) is 0 Å². The third-order valence-corrected chi connectivity index (χ3v) is 4.39. The highest BCUT2D eigenvalue weighted by Crippen LogP contribution is 2.20. The first-order chi connectivity index (χ1) is 11.1. The summed E-state index contributed by atoms with van der Waals surface area (Å²) in [5.74, 6) is 1.07. The number of fused-ring (bicyclic) bond motifs is 1. The summed E-state index contributed by atoms with van der Waals surface area (Å²) in [7, 11) is 0. The maximum absolute atomic E-state index is 12.4. The summed E-state index contributed by atoms with van der Waals surface area (Å²) in [6.45, 7) is 6.42. The maximum Gasteiger partial charge on any atom is 0.224 e. The number of amides is 1. The number of hydrogen-bond acceptors (Lipinski definition) is 4. The van der Waals surface area contributed by atoms with Crippen LogP contribution < -0.4 is 0 Å². The molecule has 0 saturated heterocycles. The lowest BCUT2D eigenvalue weighted by atomic mass is 10.2. The topological polar surface area (TPSA) is 76.2 Å². The van der Waals surface area contributed by atoms with Gasteiger partial charge >= 0.3 is 0 Å². The molecular formula is C16H23N5O2. The van der Waals surface area contributed by atoms with E-state index in [-0.39, 0.29) is 5.91 Å². The van der Waals surface area contributed by atoms with E-state index in [4.69, 9.17) is 0 Å². The van der Waals surface area contributed by atoms with Gasteiger partial charge in [0, 0.05) is 31.9 Å². The molecule has 1 aliphatic heterocycles. The van der Waals surface area contributed by atoms with Crippen molar-refractivity contribution < 1.29 is 9.90 Å². The molecule has 0 saturated carbocycles. The van der Waals surface area contributed by atoms with E-state index >= 15 is 0 Å². The first kappa shape index (κ1) is 15.7. The molecule has 2 aromatic heterocycles. The van der Waals surface area contributed by atoms with Crippen molar-refractivity contribution in [1.29, 1.82) is 0 Å². The highest BCUT2D eigenvalue weighted by atomic mass is 16.3. The van der Waals surface area contributed by atoms with E-state index in [9.17, 15) is 9.90 Å². The van der Waals surface area contributed by atoms with Crippen molar-refractivity contribution in [1.82, 2.24) is 24.2 Å². The van der Waals surface area contributed by atoms with Crippen molar-refractivity contribution in [3.8, 4) is 0 Å². The Morgan fingerprint density at radius 1 is 1.43 bits per heavy atom. The number of aryl methyl sites for hydroxylation is 2. The number of rotatable bonds is 5. The van der Waals surface area contributed by atoms with Crippen molar-refractivity contribution in [2.75, 3.05) is 6.54 Å². The van der Waals surface area contributed by atoms with Gasteiger partial charge in [0.2, 0.25) is 5.91 Å². The summed E-state index contributed by atoms with van der Waals surface area (Å²) in [6.07, 6.45) is 4.23. The van der Waals surface area contributed by atoms with Crippen LogP contribution in [-0.4, -0.2) is 41.8 Å². The molecule has 1 amide bonds. The molecular weight excluding hydrogens is 294 g/mol. The molecule has 1 N–H and O–H groups in total. The number of imidazole rings is 1. The Hall–Kier alpha value is -2.15. The number of nitrogens with zero attached hydrogens (tertiary/aromatic N) is 5. The van der Waals surface area contributed by atoms with Crippen LogP contribution in [0.4, 0.5) is 0 Å². The zero-order valence-electron chi connectivity index (χ0n) is 13.6. The van der Waals surface area contributed by atoms with E-state index in [2.05, 4.69) is 10.1 Å². The Morgan fingerprint density at radius 2 is 2.26 bits per heavy atom. The average molecular weight is 317 g/mol. The first-order valence-corrected chi connectivity index (χ1v) is 8.08. The van der Waals surface area contributed by atoms with Crippen LogP contribution in [0.2, 0.25) is 0 Å². The molecule has 0 bridgehead atoms. The van der Waals surface area contributed by atoms with E-state index in [1.54, 1.807) is 6.20 Å². The van der Waals surface area contributed by atoms with Crippen LogP contribution in [0.3, 0.4) is 0 Å². The predicted octanol–water partition coefficient (Wildman–Crippen LogP) is 1.26. The van der Waals surface area contributed by atoms with Gasteiger partial charge in [-0.05, 0) is 19.4 Å². The Kier molecular flexibility index (Phi) is 4.47. The number of aliphatic hydroxyl groups excluding tert-OH is 1. The van der Waals surface area contributed by atoms with E-state index in [0.717, 1.165) is 11.5 Å². The van der Waals surface area contributed by atoms with Gasteiger partial charge in [0.25, 0.3) is 0 Å². The third-order valence-electron chi connectivity index (χ3n) is 4.39. The molecule has 1 aliphatic rings. The van der Waals surface area contributed by atoms with Gasteiger partial charge in [-0.25, -0.2) is 4.98 Å². The molecule has 0 spiro atoms. The van der Waals surface area contributed by atoms with E-state index in [1.807, 2.05) is 40.3 Å². The fourth-order valence-electron chi connectivity index (χ4n) is 2.89. The van der Waals surface area contributed by atoms with Crippen molar-refractivity contribution in [3.63, 3.8) is 0 Å². The Morgan fingerprint density at radius 3 is 2.96 bits per heavy atom. The van der Waals surface area contributed by atoms with Crippen molar-refractivity contribution >= 4 is 5.91 Å². The summed E-state index contributed by atoms with van der Waals surface area (Å²) in [6, 6.07) is 1.91. The maximum atomic E-state index is 12.4. The fourth-order valence-corrected chi connectivity index (χ4v) is 2.89. The second kappa shape index (κ2) is 6.54. The number of hydrogen-bond donors (Lipinski definition) is 1. The molecule has 0 radical (unpaired) electrons. The lowest BCUT2D eigenvalue weighted by molar-refractivity contribution is -0.132. The van der Waals surface area contributed by atoms with Gasteiger partial charge in [0.05, 0.1) is 30.6 Å². The second-order valence-electron chi connectivity index (χ2n) is 5.94. The van der Waals surface area contributed by atoms with Gasteiger partial charge < -0.3 is 14.6 Å². The third kappa shape index (κ3) is 3.29. The molecule has 124 valence electrons. The largest absolute Gasteiger partial charge is 0.387 e. The quantitative estimate of drug-likeness (QED) is 0.901. The minimum Gasteiger partial charge on any atom is -0.387 e. The van der Waals surface area contributed by atoms with Gasteiger partial charge in [-0.15, -0.1) is 0 Å². The molecule has 3 heterocycles. The zero-order chi connectivity index (χ0) is 16.4. The van der Waals surface area contributed by atoms with Crippen LogP contribution in [0.15, 0.2) is 18.5 Å². The Bertz CT molecular complexity index is 690. The molecule has 0 aromatic carbocycles. The van der Waals surface area contributed by atoms with Gasteiger partial charge in [-0.2, -0.15) is 5.10 Å². The van der Waals surface area contributed by atoms with Crippen LogP contribution in [0.1, 0.15) is 43.1 Å². The highest BCUT2D eigenvalue weighted by Gasteiger charge is 2.23. The van der Waals surface area contributed by atoms with Crippen molar-refractivity contribution in [3.05, 3.63) is 35.7 Å². The van der Waals surface area contributed by atoms with Crippen LogP contribution >= 0.6 is 0 Å². The lowest BCUT2D eigenvalue weighted by Crippen LogP contribution is -2.38. The van der Waals surface area contributed by atoms with Gasteiger partial charge in [0.15, 0.2) is 0 Å². The molecule has 0 aliphatic carbocycles. The van der Waals surface area contributed by atoms with Crippen molar-refractivity contribution in [2.24, 2.45) is 0 Å². The first-order valence-electron chi connectivity index (χ1n) is 8.08. The summed E-state index contributed by atoms with van der Waals surface area (Å²) < 4.78 is 3.89. The zero-order valence-corrected chi connectivity index (χ0v) is 13.6. The highest BCUT2D eigenvalue weighted by molar-refractivity contribution is 5.76. The monoisotopic (exact) mass is 317 g/mol. The lowest BCUT2D eigenvalue weighted by Gasteiger charge is -2.27. The average Bonchev–Trinajstić information content (AvgIpc) is 3.16. The van der Waals surface area contributed by atoms with Gasteiger partial charge in [0.1, 0.15) is 5.82 Å². The van der Waals surface area contributed by atoms with Crippen LogP contribution in [0.5, 0.6) is 0 Å². The minimum absolute atomic E-state index is 0.142. The van der Waals surface area contributed by atoms with Crippen LogP contribution in [0, 0.1) is 6.92 Å². The molecule has 3 rings (SSSR count). The molecule has 23 heavy (non-hydrogen) atoms. The normalized spacial score (nSPS) is 15.5. The summed E-state index contributed by atoms with van der Waals surface area (Å²) in [5, 5.41) is 14.3. The smallest absolute Gasteiger partial charge is 0.224 e. The van der Waals surface area contributed by atoms with E-state index in [0.29, 0.717) is 44.7 Å². The van der Waals surface area contributed by atoms with Gasteiger partial charge in [-0.3, -0.25) is 9.48 Å². The van der Waals surface area contributed by atoms with Gasteiger partial charge in [-0.1, -0.05) is 6.92 Å². The molecule has 2 aromatic rings. The number of carbonyl (C=O) groups excluding carboxylic acids is 1. The summed E-state index contributed by atoms with van der Waals surface area (Å²) in [4.78, 5) is 18.5. The van der Waals surface area contributed by atoms with Crippen LogP contribution in [-0.2, 0) is 24.4 Å². The van der Waals surface area contributed by atoms with Crippen LogP contribution in [0.25, 0.3) is 0 Å². The molecule has 7 heteroatoms.